The minimum atomic E-state index is -1.16. The Balaban J connectivity index is 0.000000249. The Morgan fingerprint density at radius 3 is 1.67 bits per heavy atom. The number of rotatable bonds is 4. The highest BCUT2D eigenvalue weighted by molar-refractivity contribution is 9.10. The highest BCUT2D eigenvalue weighted by atomic mass is 79.9. The number of carbonyl (C=O) groups excluding carboxylic acids is 3. The van der Waals surface area contributed by atoms with Gasteiger partial charge < -0.3 is 38.5 Å². The van der Waals surface area contributed by atoms with Crippen LogP contribution in [0.1, 0.15) is 45.7 Å². The van der Waals surface area contributed by atoms with Gasteiger partial charge in [-0.1, -0.05) is 31.9 Å². The Morgan fingerprint density at radius 1 is 0.700 bits per heavy atom. The number of anilines is 1. The van der Waals surface area contributed by atoms with E-state index in [0.29, 0.717) is 71.8 Å². The summed E-state index contributed by atoms with van der Waals surface area (Å²) in [4.78, 5) is 60.4. The number of carboxylic acids is 1. The molecule has 0 spiro atoms. The van der Waals surface area contributed by atoms with Crippen molar-refractivity contribution in [1.82, 2.24) is 4.98 Å². The Hall–Kier alpha value is -6.10. The number of carboxylic acid groups (broad SMARTS) is 1. The van der Waals surface area contributed by atoms with Gasteiger partial charge in [-0.3, -0.25) is 14.4 Å². The maximum atomic E-state index is 12.5. The molecule has 3 heterocycles. The number of ether oxygens (including phenoxy) is 5. The van der Waals surface area contributed by atoms with Gasteiger partial charge in [0.15, 0.2) is 23.0 Å². The molecule has 0 saturated heterocycles. The summed E-state index contributed by atoms with van der Waals surface area (Å²) in [5, 5.41) is 12.4. The number of aromatic nitrogens is 1. The van der Waals surface area contributed by atoms with Crippen molar-refractivity contribution in [3.05, 3.63) is 102 Å². The summed E-state index contributed by atoms with van der Waals surface area (Å²) in [6, 6.07) is 17.1. The van der Waals surface area contributed by atoms with Crippen LogP contribution in [0.5, 0.6) is 23.0 Å². The number of esters is 2. The molecule has 0 radical (unpaired) electrons. The van der Waals surface area contributed by atoms with Crippen molar-refractivity contribution in [3.8, 4) is 34.5 Å². The van der Waals surface area contributed by atoms with Crippen LogP contribution in [-0.2, 0) is 37.5 Å². The van der Waals surface area contributed by atoms with Crippen molar-refractivity contribution in [2.45, 2.75) is 27.7 Å². The van der Waals surface area contributed by atoms with E-state index in [-0.39, 0.29) is 17.2 Å². The fourth-order valence-electron chi connectivity index (χ4n) is 5.23. The van der Waals surface area contributed by atoms with Crippen LogP contribution in [0.15, 0.2) is 78.8 Å². The SMILES string of the molecule is CC(=O)OC(C)=O.Cc1cc(Br)ccc1-c1nc2cc3c(cc2c(=O)o1)OCCO3.Cc1cc(Br)ccc1C(=O)Nc1cc2c(cc1C(=O)O)OCCO2.O=S=O.O=S=O. The van der Waals surface area contributed by atoms with Crippen LogP contribution in [0, 0.1) is 13.8 Å². The zero-order valence-corrected chi connectivity index (χ0v) is 36.5. The van der Waals surface area contributed by atoms with Gasteiger partial charge in [-0.25, -0.2) is 14.6 Å². The van der Waals surface area contributed by atoms with Gasteiger partial charge in [0.2, 0.25) is 5.89 Å². The molecule has 1 amide bonds. The first-order valence-corrected chi connectivity index (χ1v) is 19.7. The summed E-state index contributed by atoms with van der Waals surface area (Å²) in [6.45, 7) is 7.79. The maximum absolute atomic E-state index is 12.5. The first kappa shape index (κ1) is 48.3. The highest BCUT2D eigenvalue weighted by Gasteiger charge is 2.22. The van der Waals surface area contributed by atoms with E-state index in [2.05, 4.69) is 46.9 Å². The normalized spacial score (nSPS) is 11.4. The molecule has 18 nitrogen and oxygen atoms in total. The molecule has 5 aromatic rings. The zero-order chi connectivity index (χ0) is 44.5. The lowest BCUT2D eigenvalue weighted by atomic mass is 10.1. The number of hydrogen-bond donors (Lipinski definition) is 2. The van der Waals surface area contributed by atoms with Crippen molar-refractivity contribution in [3.63, 3.8) is 0 Å². The summed E-state index contributed by atoms with van der Waals surface area (Å²) < 4.78 is 66.3. The average Bonchev–Trinajstić information content (AvgIpc) is 3.17. The van der Waals surface area contributed by atoms with E-state index in [9.17, 15) is 29.1 Å². The number of amides is 1. The number of benzene rings is 4. The maximum Gasteiger partial charge on any atom is 0.347 e. The molecule has 0 bridgehead atoms. The first-order chi connectivity index (χ1) is 28.5. The fourth-order valence-corrected chi connectivity index (χ4v) is 6.19. The molecule has 4 aromatic carbocycles. The third kappa shape index (κ3) is 14.0. The molecule has 22 heteroatoms. The number of fused-ring (bicyclic) bond motifs is 3. The van der Waals surface area contributed by atoms with Crippen molar-refractivity contribution in [1.29, 1.82) is 0 Å². The van der Waals surface area contributed by atoms with Crippen LogP contribution in [0.3, 0.4) is 0 Å². The molecule has 0 unspecified atom stereocenters. The molecule has 316 valence electrons. The summed E-state index contributed by atoms with van der Waals surface area (Å²) >= 11 is 5.27. The van der Waals surface area contributed by atoms with Gasteiger partial charge >= 0.3 is 46.7 Å². The van der Waals surface area contributed by atoms with Crippen LogP contribution in [0.25, 0.3) is 22.4 Å². The van der Waals surface area contributed by atoms with Gasteiger partial charge in [0.25, 0.3) is 5.91 Å². The van der Waals surface area contributed by atoms with Gasteiger partial charge in [0.05, 0.1) is 22.2 Å². The van der Waals surface area contributed by atoms with Crippen LogP contribution in [-0.4, -0.2) is 77.2 Å². The second kappa shape index (κ2) is 23.5. The molecule has 7 rings (SSSR count). The standard InChI is InChI=1S/C17H14BrNO5.C17H12BrNO4.C4H6O3.2O2S/c1-9-6-10(18)2-3-11(9)16(20)19-13-8-15-14(23-4-5-24-15)7-12(13)17(21)22;1-9-6-10(18)2-3-11(9)16-19-13-8-15-14(21-4-5-22-15)7-12(13)17(20)23-16;1-3(5)7-4(2)6;2*1-3-2/h2-3,6-8H,4-5H2,1H3,(H,19,20)(H,21,22);2-3,6-8H,4-5H2,1H3;1-2H3;;. The predicted octanol–water partition coefficient (Wildman–Crippen LogP) is 5.93. The third-order valence-electron chi connectivity index (χ3n) is 7.59. The molecule has 2 aliphatic heterocycles. The predicted molar refractivity (Wildman–Crippen MR) is 221 cm³/mol. The second-order valence-electron chi connectivity index (χ2n) is 11.8. The minimum absolute atomic E-state index is 0.0534. The van der Waals surface area contributed by atoms with Crippen LogP contribution in [0.2, 0.25) is 0 Å². The summed E-state index contributed by atoms with van der Waals surface area (Å²) in [5.74, 6) is -0.463. The molecule has 2 N–H and O–H groups in total. The first-order valence-electron chi connectivity index (χ1n) is 16.8. The third-order valence-corrected chi connectivity index (χ3v) is 8.58. The summed E-state index contributed by atoms with van der Waals surface area (Å²) in [7, 11) is 0. The van der Waals surface area contributed by atoms with E-state index in [1.165, 1.54) is 26.0 Å². The topological polar surface area (TPSA) is 258 Å². The molecular weight excluding hydrogens is 964 g/mol. The number of aromatic carboxylic acids is 1. The number of carbonyl (C=O) groups is 4. The molecule has 0 aliphatic carbocycles. The smallest absolute Gasteiger partial charge is 0.347 e. The fraction of sp³-hybridized carbons (Fsp3) is 0.211. The van der Waals surface area contributed by atoms with Crippen LogP contribution in [0.4, 0.5) is 5.69 Å². The molecule has 60 heavy (non-hydrogen) atoms. The van der Waals surface area contributed by atoms with Crippen LogP contribution < -0.4 is 29.9 Å². The Bertz CT molecular complexity index is 2530. The highest BCUT2D eigenvalue weighted by Crippen LogP contribution is 2.36. The Labute approximate surface area is 364 Å². The van der Waals surface area contributed by atoms with Crippen molar-refractivity contribution in [2.24, 2.45) is 0 Å². The molecule has 0 atom stereocenters. The summed E-state index contributed by atoms with van der Waals surface area (Å²) in [6.07, 6.45) is 0. The van der Waals surface area contributed by atoms with E-state index in [1.807, 2.05) is 38.1 Å². The molecular formula is C38H32Br2N2O16S2. The van der Waals surface area contributed by atoms with Crippen molar-refractivity contribution >= 4 is 95.4 Å². The zero-order valence-electron chi connectivity index (χ0n) is 31.7. The lowest BCUT2D eigenvalue weighted by Crippen LogP contribution is -2.19. The lowest BCUT2D eigenvalue weighted by molar-refractivity contribution is -0.156. The van der Waals surface area contributed by atoms with Gasteiger partial charge in [0, 0.05) is 58.2 Å². The molecule has 0 fully saturated rings. The number of hydrogen-bond acceptors (Lipinski definition) is 16. The minimum Gasteiger partial charge on any atom is -0.486 e. The number of halogens is 2. The van der Waals surface area contributed by atoms with Crippen molar-refractivity contribution < 1.29 is 69.2 Å². The molecule has 1 aromatic heterocycles. The van der Waals surface area contributed by atoms with E-state index < -0.39 is 46.7 Å². The molecule has 2 aliphatic rings. The molecule has 0 saturated carbocycles. The number of nitrogens with one attached hydrogen (secondary N) is 1. The van der Waals surface area contributed by atoms with E-state index in [4.69, 9.17) is 40.2 Å². The largest absolute Gasteiger partial charge is 0.486 e. The quantitative estimate of drug-likeness (QED) is 0.156. The number of aryl methyl sites for hydroxylation is 2. The Morgan fingerprint density at radius 2 is 1.18 bits per heavy atom. The van der Waals surface area contributed by atoms with Crippen LogP contribution >= 0.6 is 31.9 Å². The van der Waals surface area contributed by atoms with E-state index in [0.717, 1.165) is 25.6 Å². The van der Waals surface area contributed by atoms with Gasteiger partial charge in [-0.05, 0) is 61.4 Å². The van der Waals surface area contributed by atoms with E-state index >= 15 is 0 Å². The Kier molecular flexibility index (Phi) is 18.9. The second-order valence-corrected chi connectivity index (χ2v) is 13.9. The monoisotopic (exact) mass is 994 g/mol. The average molecular weight is 997 g/mol. The van der Waals surface area contributed by atoms with Gasteiger partial charge in [-0.2, -0.15) is 16.8 Å². The van der Waals surface area contributed by atoms with Crippen molar-refractivity contribution in [2.75, 3.05) is 31.7 Å². The van der Waals surface area contributed by atoms with E-state index in [1.54, 1.807) is 24.3 Å². The van der Waals surface area contributed by atoms with Gasteiger partial charge in [-0.15, -0.1) is 0 Å². The van der Waals surface area contributed by atoms with Gasteiger partial charge in [0.1, 0.15) is 26.4 Å². The number of nitrogens with zero attached hydrogens (tertiary/aromatic N) is 1. The lowest BCUT2D eigenvalue weighted by Gasteiger charge is -2.20. The summed E-state index contributed by atoms with van der Waals surface area (Å²) in [5.41, 5.74) is 3.18.